The predicted octanol–water partition coefficient (Wildman–Crippen LogP) is 3.47. The van der Waals surface area contributed by atoms with Gasteiger partial charge in [-0.15, -0.1) is 0 Å². The summed E-state index contributed by atoms with van der Waals surface area (Å²) in [7, 11) is 1.51. The minimum absolute atomic E-state index is 0.130. The van der Waals surface area contributed by atoms with Crippen LogP contribution in [0, 0.1) is 13.8 Å². The number of anilines is 1. The molecule has 2 heterocycles. The van der Waals surface area contributed by atoms with Crippen LogP contribution in [0.3, 0.4) is 0 Å². The molecule has 1 aliphatic heterocycles. The van der Waals surface area contributed by atoms with Gasteiger partial charge in [0.15, 0.2) is 0 Å². The van der Waals surface area contributed by atoms with Crippen LogP contribution in [0.4, 0.5) is 10.5 Å². The minimum Gasteiger partial charge on any atom is -0.508 e. The number of hydrogen-bond acceptors (Lipinski definition) is 5. The van der Waals surface area contributed by atoms with Crippen LogP contribution in [-0.2, 0) is 9.59 Å². The van der Waals surface area contributed by atoms with Crippen molar-refractivity contribution in [1.82, 2.24) is 9.88 Å². The molecular weight excluding hydrogens is 410 g/mol. The average molecular weight is 431 g/mol. The van der Waals surface area contributed by atoms with E-state index in [1.807, 2.05) is 30.5 Å². The normalized spacial score (nSPS) is 15.3. The number of imide groups is 2. The minimum atomic E-state index is -0.812. The second-order valence-electron chi connectivity index (χ2n) is 7.34. The van der Waals surface area contributed by atoms with Gasteiger partial charge in [0.05, 0.1) is 12.8 Å². The molecule has 2 N–H and O–H groups in total. The lowest BCUT2D eigenvalue weighted by molar-refractivity contribution is -0.122. The van der Waals surface area contributed by atoms with Crippen molar-refractivity contribution in [2.75, 3.05) is 12.0 Å². The zero-order valence-corrected chi connectivity index (χ0v) is 17.7. The first-order valence-electron chi connectivity index (χ1n) is 9.84. The molecule has 2 aromatic carbocycles. The first kappa shape index (κ1) is 20.9. The van der Waals surface area contributed by atoms with E-state index in [-0.39, 0.29) is 11.3 Å². The van der Waals surface area contributed by atoms with Gasteiger partial charge in [-0.3, -0.25) is 14.9 Å². The summed E-state index contributed by atoms with van der Waals surface area (Å²) in [6, 6.07) is 14.2. The van der Waals surface area contributed by atoms with Gasteiger partial charge >= 0.3 is 6.03 Å². The van der Waals surface area contributed by atoms with Crippen LogP contribution in [0.5, 0.6) is 11.5 Å². The second-order valence-corrected chi connectivity index (χ2v) is 7.34. The van der Waals surface area contributed by atoms with E-state index in [1.165, 1.54) is 13.2 Å². The molecule has 4 amide bonds. The van der Waals surface area contributed by atoms with E-state index >= 15 is 0 Å². The van der Waals surface area contributed by atoms with Crippen LogP contribution in [0.15, 0.2) is 60.2 Å². The predicted molar refractivity (Wildman–Crippen MR) is 119 cm³/mol. The highest BCUT2D eigenvalue weighted by Gasteiger charge is 2.37. The lowest BCUT2D eigenvalue weighted by Gasteiger charge is -2.26. The third-order valence-electron chi connectivity index (χ3n) is 5.29. The summed E-state index contributed by atoms with van der Waals surface area (Å²) in [6.45, 7) is 3.73. The fourth-order valence-corrected chi connectivity index (χ4v) is 3.74. The number of phenols is 1. The van der Waals surface area contributed by atoms with Crippen molar-refractivity contribution in [2.24, 2.45) is 0 Å². The van der Waals surface area contributed by atoms with Gasteiger partial charge in [-0.2, -0.15) is 0 Å². The molecule has 0 atom stereocenters. The van der Waals surface area contributed by atoms with E-state index < -0.39 is 17.8 Å². The fourth-order valence-electron chi connectivity index (χ4n) is 3.74. The Kier molecular flexibility index (Phi) is 5.28. The number of carbonyl (C=O) groups excluding carboxylic acids is 3. The van der Waals surface area contributed by atoms with Gasteiger partial charge in [-0.25, -0.2) is 9.69 Å². The summed E-state index contributed by atoms with van der Waals surface area (Å²) in [5.74, 6) is -0.770. The van der Waals surface area contributed by atoms with Crippen molar-refractivity contribution in [2.45, 2.75) is 13.8 Å². The van der Waals surface area contributed by atoms with Gasteiger partial charge in [0.1, 0.15) is 17.1 Å². The van der Waals surface area contributed by atoms with E-state index in [9.17, 15) is 19.5 Å². The number of amides is 4. The lowest BCUT2D eigenvalue weighted by Crippen LogP contribution is -2.54. The van der Waals surface area contributed by atoms with Gasteiger partial charge < -0.3 is 14.4 Å². The van der Waals surface area contributed by atoms with E-state index in [2.05, 4.69) is 5.32 Å². The van der Waals surface area contributed by atoms with E-state index in [1.54, 1.807) is 42.5 Å². The largest absolute Gasteiger partial charge is 0.508 e. The number of aromatic hydroxyl groups is 1. The molecule has 0 unspecified atom stereocenters. The van der Waals surface area contributed by atoms with Crippen LogP contribution >= 0.6 is 0 Å². The summed E-state index contributed by atoms with van der Waals surface area (Å²) in [5.41, 5.74) is 3.18. The molecule has 8 heteroatoms. The van der Waals surface area contributed by atoms with Crippen molar-refractivity contribution in [1.29, 1.82) is 0 Å². The molecule has 0 spiro atoms. The number of urea groups is 1. The number of barbiturate groups is 1. The number of phenolic OH excluding ortho intramolecular Hbond substituents is 1. The standard InChI is InChI=1S/C24H21N3O5/c1-14-11-16(15(2)26(14)18-5-4-6-19(28)13-18)12-21-22(29)25-24(31)27(23(21)30)17-7-9-20(32-3)10-8-17/h4-13,28H,1-3H3,(H,25,29,31)/b21-12+. The number of aryl methyl sites for hydroxylation is 1. The molecule has 1 aliphatic rings. The Hall–Kier alpha value is -4.33. The molecule has 1 fully saturated rings. The molecule has 0 aliphatic carbocycles. The third-order valence-corrected chi connectivity index (χ3v) is 5.29. The van der Waals surface area contributed by atoms with Crippen molar-refractivity contribution in [3.05, 3.63) is 77.1 Å². The average Bonchev–Trinajstić information content (AvgIpc) is 3.04. The van der Waals surface area contributed by atoms with Crippen molar-refractivity contribution < 1.29 is 24.2 Å². The molecular formula is C24H21N3O5. The zero-order valence-electron chi connectivity index (χ0n) is 17.7. The van der Waals surface area contributed by atoms with Crippen LogP contribution in [0.2, 0.25) is 0 Å². The van der Waals surface area contributed by atoms with Gasteiger partial charge in [-0.1, -0.05) is 6.07 Å². The monoisotopic (exact) mass is 431 g/mol. The van der Waals surface area contributed by atoms with Crippen molar-refractivity contribution in [3.63, 3.8) is 0 Å². The Labute approximate surface area is 184 Å². The third kappa shape index (κ3) is 3.62. The van der Waals surface area contributed by atoms with Gasteiger partial charge in [-0.05, 0) is 68.0 Å². The van der Waals surface area contributed by atoms with Gasteiger partial charge in [0, 0.05) is 23.1 Å². The Balaban J connectivity index is 1.74. The first-order valence-corrected chi connectivity index (χ1v) is 9.84. The summed E-state index contributed by atoms with van der Waals surface area (Å²) in [5, 5.41) is 12.0. The Morgan fingerprint density at radius 2 is 1.69 bits per heavy atom. The Morgan fingerprint density at radius 1 is 0.969 bits per heavy atom. The number of aromatic nitrogens is 1. The number of rotatable bonds is 4. The SMILES string of the molecule is COc1ccc(N2C(=O)NC(=O)/C(=C\c3cc(C)n(-c4cccc(O)c4)c3C)C2=O)cc1. The molecule has 1 saturated heterocycles. The molecule has 32 heavy (non-hydrogen) atoms. The number of ether oxygens (including phenoxy) is 1. The molecule has 162 valence electrons. The highest BCUT2D eigenvalue weighted by atomic mass is 16.5. The number of nitrogens with one attached hydrogen (secondary N) is 1. The van der Waals surface area contributed by atoms with E-state index in [0.717, 1.165) is 22.0 Å². The van der Waals surface area contributed by atoms with Gasteiger partial charge in [0.25, 0.3) is 11.8 Å². The molecule has 4 rings (SSSR count). The fraction of sp³-hybridized carbons (Fsp3) is 0.125. The lowest BCUT2D eigenvalue weighted by atomic mass is 10.1. The van der Waals surface area contributed by atoms with Crippen molar-refractivity contribution in [3.8, 4) is 17.2 Å². The van der Waals surface area contributed by atoms with E-state index in [0.29, 0.717) is 17.0 Å². The summed E-state index contributed by atoms with van der Waals surface area (Å²) in [6.07, 6.45) is 1.47. The maximum Gasteiger partial charge on any atom is 0.335 e. The van der Waals surface area contributed by atoms with Gasteiger partial charge in [0.2, 0.25) is 0 Å². The Morgan fingerprint density at radius 3 is 2.34 bits per heavy atom. The van der Waals surface area contributed by atoms with E-state index in [4.69, 9.17) is 4.74 Å². The van der Waals surface area contributed by atoms with Crippen LogP contribution in [0.25, 0.3) is 11.8 Å². The molecule has 8 nitrogen and oxygen atoms in total. The first-order chi connectivity index (χ1) is 15.3. The number of hydrogen-bond donors (Lipinski definition) is 2. The molecule has 0 bridgehead atoms. The quantitative estimate of drug-likeness (QED) is 0.487. The van der Waals surface area contributed by atoms with Crippen LogP contribution < -0.4 is 15.0 Å². The van der Waals surface area contributed by atoms with Crippen LogP contribution in [0.1, 0.15) is 17.0 Å². The molecule has 3 aromatic rings. The number of nitrogens with zero attached hydrogens (tertiary/aromatic N) is 2. The van der Waals surface area contributed by atoms with Crippen molar-refractivity contribution >= 4 is 29.6 Å². The number of carbonyl (C=O) groups is 3. The summed E-state index contributed by atoms with van der Waals surface area (Å²) < 4.78 is 7.02. The topological polar surface area (TPSA) is 101 Å². The highest BCUT2D eigenvalue weighted by molar-refractivity contribution is 6.39. The maximum absolute atomic E-state index is 13.1. The molecule has 1 aromatic heterocycles. The molecule has 0 saturated carbocycles. The summed E-state index contributed by atoms with van der Waals surface area (Å²) >= 11 is 0. The molecule has 0 radical (unpaired) electrons. The number of benzene rings is 2. The second kappa shape index (κ2) is 8.07. The Bertz CT molecular complexity index is 1270. The summed E-state index contributed by atoms with van der Waals surface area (Å²) in [4.78, 5) is 38.9. The van der Waals surface area contributed by atoms with Crippen LogP contribution in [-0.4, -0.2) is 34.6 Å². The number of methoxy groups -OCH3 is 1. The maximum atomic E-state index is 13.1. The smallest absolute Gasteiger partial charge is 0.335 e. The zero-order chi connectivity index (χ0) is 23.0. The highest BCUT2D eigenvalue weighted by Crippen LogP contribution is 2.27.